The predicted molar refractivity (Wildman–Crippen MR) is 563 cm³/mol. The molecule has 1 N–H and O–H groups in total. The van der Waals surface area contributed by atoms with Crippen molar-refractivity contribution in [1.29, 1.82) is 0 Å². The van der Waals surface area contributed by atoms with Crippen LogP contribution in [0.25, 0.3) is 144 Å². The summed E-state index contributed by atoms with van der Waals surface area (Å²) in [6, 6.07) is 150. The van der Waals surface area contributed by atoms with Crippen molar-refractivity contribution in [3.63, 3.8) is 0 Å². The van der Waals surface area contributed by atoms with Crippen molar-refractivity contribution in [2.75, 3.05) is 9.80 Å². The third kappa shape index (κ3) is 13.2. The molecule has 10 heteroatoms. The minimum Gasteiger partial charge on any atom is -0.537 e. The fourth-order valence-corrected chi connectivity index (χ4v) is 22.9. The molecule has 22 aromatic rings. The first-order valence-electron chi connectivity index (χ1n) is 46.3. The quantitative estimate of drug-likeness (QED) is 0.117. The zero-order chi connectivity index (χ0) is 90.6. The van der Waals surface area contributed by atoms with Crippen LogP contribution in [-0.2, 0) is 21.7 Å². The summed E-state index contributed by atoms with van der Waals surface area (Å²) in [5, 5.41) is 16.6. The van der Waals surface area contributed by atoms with Crippen LogP contribution in [0.15, 0.2) is 429 Å². The molecule has 1 radical (unpaired) electrons. The lowest BCUT2D eigenvalue weighted by molar-refractivity contribution is 0.454. The first-order valence-corrected chi connectivity index (χ1v) is 47.1. The van der Waals surface area contributed by atoms with Crippen LogP contribution in [0.1, 0.15) is 99.9 Å². The van der Waals surface area contributed by atoms with Crippen LogP contribution in [0.3, 0.4) is 0 Å². The van der Waals surface area contributed by atoms with Crippen LogP contribution in [0.2, 0.25) is 0 Å². The molecule has 4 aliphatic rings. The molecule has 0 spiro atoms. The van der Waals surface area contributed by atoms with Gasteiger partial charge in [-0.3, -0.25) is 0 Å². The molecule has 0 bridgehead atoms. The second-order valence-electron chi connectivity index (χ2n) is 38.2. The van der Waals surface area contributed by atoms with E-state index in [1.807, 2.05) is 24.3 Å². The minimum atomic E-state index is -0.113. The third-order valence-electron chi connectivity index (χ3n) is 29.3. The van der Waals surface area contributed by atoms with E-state index in [1.54, 1.807) is 0 Å². The standard InChI is InChI=1S/C62H47N3.C36H31BNO2.C26H17BrN2/c1-61(2)54-21-13-11-19-48(54)50-30-28-46(37-56(50)61)64(47-29-31-51-49-20-12-14-22-55(49)62(3,4)57(51)38-47)45-26-23-40(24-27-45)41-25-32-58-52(35-41)53-39-59-42(33-34-63(59)43-15-7-5-8-16-43)36-60(53)65(58)44-17-9-6-10-18-44;1-35(2)31-11-7-5-9-27(31)29-19-15-24(21-33(29)35)38(23-13-17-26(18-14-23)40-37-39)25-16-20-30-28-10-6-8-12-32(28)36(3,4)34(30)22-25;27-19-11-12-24-22(16-19)23-17-25-18(13-14-28(25)20-7-3-1-4-8-20)15-26(23)29(24)21-9-5-2-6-10-21/h5-39H,1-4H3;5-22,39H,1-4H3;1-17H. The average molecular weight is 1790 g/mol. The van der Waals surface area contributed by atoms with Crippen molar-refractivity contribution in [3.8, 4) is 84.1 Å². The molecule has 0 saturated heterocycles. The number of hydrogen-bond donors (Lipinski definition) is 1. The number of rotatable bonds is 13. The molecule has 0 unspecified atom stereocenters. The zero-order valence-corrected chi connectivity index (χ0v) is 77.5. The largest absolute Gasteiger partial charge is 0.569 e. The molecule has 8 nitrogen and oxygen atoms in total. The van der Waals surface area contributed by atoms with Gasteiger partial charge in [0.1, 0.15) is 5.75 Å². The summed E-state index contributed by atoms with van der Waals surface area (Å²) in [6.45, 7) is 18.7. The first-order chi connectivity index (χ1) is 65.3. The highest BCUT2D eigenvalue weighted by Crippen LogP contribution is 2.57. The van der Waals surface area contributed by atoms with Crippen LogP contribution in [0.5, 0.6) is 5.75 Å². The summed E-state index contributed by atoms with van der Waals surface area (Å²) in [7, 11) is 0.716. The van der Waals surface area contributed by atoms with Crippen LogP contribution < -0.4 is 14.5 Å². The highest BCUT2D eigenvalue weighted by Gasteiger charge is 2.41. The van der Waals surface area contributed by atoms with Crippen LogP contribution in [0.4, 0.5) is 34.1 Å². The van der Waals surface area contributed by atoms with Gasteiger partial charge in [0.2, 0.25) is 0 Å². The van der Waals surface area contributed by atoms with E-state index in [9.17, 15) is 0 Å². The molecule has 0 amide bonds. The molecule has 134 heavy (non-hydrogen) atoms. The van der Waals surface area contributed by atoms with Crippen molar-refractivity contribution >= 4 is 123 Å². The molecule has 18 aromatic carbocycles. The smallest absolute Gasteiger partial charge is 0.537 e. The molecular weight excluding hydrogens is 1700 g/mol. The predicted octanol–water partition coefficient (Wildman–Crippen LogP) is 32.6. The summed E-state index contributed by atoms with van der Waals surface area (Å²) in [5.41, 5.74) is 42.0. The summed E-state index contributed by atoms with van der Waals surface area (Å²) >= 11 is 3.66. The maximum atomic E-state index is 9.12. The summed E-state index contributed by atoms with van der Waals surface area (Å²) in [6.07, 6.45) is 4.35. The monoisotopic (exact) mass is 1790 g/mol. The fraction of sp³-hybridized carbons (Fsp3) is 0.0968. The molecule has 4 aromatic heterocycles. The molecule has 0 aliphatic heterocycles. The number of halogens is 1. The van der Waals surface area contributed by atoms with E-state index in [1.165, 1.54) is 177 Å². The summed E-state index contributed by atoms with van der Waals surface area (Å²) in [4.78, 5) is 4.79. The van der Waals surface area contributed by atoms with Gasteiger partial charge >= 0.3 is 7.69 Å². The topological polar surface area (TPSA) is 55.7 Å². The van der Waals surface area contributed by atoms with Gasteiger partial charge < -0.3 is 37.7 Å². The van der Waals surface area contributed by atoms with Crippen molar-refractivity contribution < 1.29 is 9.68 Å². The Balaban J connectivity index is 0.000000121. The molecule has 4 aliphatic carbocycles. The maximum absolute atomic E-state index is 9.12. The van der Waals surface area contributed by atoms with Gasteiger partial charge in [-0.25, -0.2) is 0 Å². The van der Waals surface area contributed by atoms with Crippen molar-refractivity contribution in [2.24, 2.45) is 0 Å². The van der Waals surface area contributed by atoms with Gasteiger partial charge in [0.25, 0.3) is 0 Å². The second kappa shape index (κ2) is 31.7. The van der Waals surface area contributed by atoms with Gasteiger partial charge in [0.05, 0.1) is 33.1 Å². The lowest BCUT2D eigenvalue weighted by Crippen LogP contribution is -2.18. The van der Waals surface area contributed by atoms with E-state index in [-0.39, 0.29) is 21.7 Å². The third-order valence-corrected chi connectivity index (χ3v) is 29.7. The summed E-state index contributed by atoms with van der Waals surface area (Å²) in [5.74, 6) is 0.585. The van der Waals surface area contributed by atoms with Gasteiger partial charge in [-0.2, -0.15) is 0 Å². The molecule has 4 heterocycles. The Morgan fingerprint density at radius 2 is 0.545 bits per heavy atom. The van der Waals surface area contributed by atoms with Crippen LogP contribution in [0, 0.1) is 0 Å². The van der Waals surface area contributed by atoms with Crippen molar-refractivity contribution in [3.05, 3.63) is 474 Å². The van der Waals surface area contributed by atoms with Crippen molar-refractivity contribution in [1.82, 2.24) is 18.3 Å². The maximum Gasteiger partial charge on any atom is 0.569 e. The Kier molecular flexibility index (Phi) is 19.3. The molecular formula is C124H95BBrN6O2. The highest BCUT2D eigenvalue weighted by atomic mass is 79.9. The van der Waals surface area contributed by atoms with Crippen LogP contribution >= 0.6 is 15.9 Å². The molecule has 26 rings (SSSR count). The number of fused-ring (bicyclic) bond motifs is 20. The van der Waals surface area contributed by atoms with Gasteiger partial charge in [0, 0.05) is 128 Å². The van der Waals surface area contributed by atoms with E-state index in [0.29, 0.717) is 13.4 Å². The second-order valence-corrected chi connectivity index (χ2v) is 39.1. The summed E-state index contributed by atoms with van der Waals surface area (Å²) < 4.78 is 15.6. The number of aromatic nitrogens is 4. The number of para-hydroxylation sites is 4. The Bertz CT molecular complexity index is 8240. The highest BCUT2D eigenvalue weighted by molar-refractivity contribution is 9.10. The molecule has 643 valence electrons. The van der Waals surface area contributed by atoms with E-state index in [0.717, 1.165) is 50.0 Å². The fourth-order valence-electron chi connectivity index (χ4n) is 22.5. The Morgan fingerprint density at radius 1 is 0.246 bits per heavy atom. The van der Waals surface area contributed by atoms with E-state index < -0.39 is 0 Å². The Hall–Kier alpha value is -15.5. The van der Waals surface area contributed by atoms with E-state index in [4.69, 9.17) is 9.68 Å². The van der Waals surface area contributed by atoms with Gasteiger partial charge in [-0.1, -0.05) is 284 Å². The Labute approximate surface area is 790 Å². The van der Waals surface area contributed by atoms with E-state index in [2.05, 4.69) is 500 Å². The Morgan fingerprint density at radius 3 is 0.910 bits per heavy atom. The number of nitrogens with zero attached hydrogens (tertiary/aromatic N) is 6. The minimum absolute atomic E-state index is 0.0934. The lowest BCUT2D eigenvalue weighted by atomic mass is 9.82. The number of anilines is 6. The molecule has 0 atom stereocenters. The van der Waals surface area contributed by atoms with Gasteiger partial charge in [-0.15, -0.1) is 0 Å². The average Bonchev–Trinajstić information content (AvgIpc) is 1.58. The molecule has 0 saturated carbocycles. The van der Waals surface area contributed by atoms with E-state index >= 15 is 0 Å². The normalized spacial score (nSPS) is 13.8. The van der Waals surface area contributed by atoms with Gasteiger partial charge in [-0.05, 0) is 300 Å². The zero-order valence-electron chi connectivity index (χ0n) is 75.9. The number of hydrogen-bond acceptors (Lipinski definition) is 4. The number of benzene rings is 18. The van der Waals surface area contributed by atoms with Crippen LogP contribution in [-0.4, -0.2) is 31.0 Å². The van der Waals surface area contributed by atoms with Crippen molar-refractivity contribution in [2.45, 2.75) is 77.0 Å². The molecule has 0 fully saturated rings. The van der Waals surface area contributed by atoms with Gasteiger partial charge in [0.15, 0.2) is 0 Å². The SMILES string of the molecule is Brc1ccc2c(c1)c1cc3c(ccn3-c3ccccc3)cc1n2-c1ccccc1.CC1(C)c2ccccc2-c2ccc(N(c3ccc(-c4ccc5c(c4)c4cc6c(ccn6-c6ccccc6)cc4n5-c4ccccc4)cc3)c3ccc4c(c3)C(C)(C)c3ccccc3-4)cc21.CC1(C)c2ccccc2-c2ccc(N(c3ccc(O[B]O)cc3)c3ccc4c(c3)C(C)(C)c3ccccc3-4)cc21. The first kappa shape index (κ1) is 81.8. The lowest BCUT2D eigenvalue weighted by Gasteiger charge is -2.30.